The van der Waals surface area contributed by atoms with Crippen molar-refractivity contribution in [2.24, 2.45) is 5.92 Å². The van der Waals surface area contributed by atoms with E-state index in [4.69, 9.17) is 5.26 Å². The number of nitrogens with zero attached hydrogens (tertiary/aromatic N) is 2. The monoisotopic (exact) mass is 325 g/mol. The molecule has 0 aromatic heterocycles. The Bertz CT molecular complexity index is 552. The molecule has 0 saturated heterocycles. The Balaban J connectivity index is 3.05. The lowest BCUT2D eigenvalue weighted by molar-refractivity contribution is -0.385. The lowest BCUT2D eigenvalue weighted by Gasteiger charge is -2.15. The lowest BCUT2D eigenvalue weighted by Crippen LogP contribution is -2.37. The fourth-order valence-corrected chi connectivity index (χ4v) is 1.99. The average molecular weight is 326 g/mol. The molecule has 0 heterocycles. The number of carbonyl (C=O) groups is 1. The van der Waals surface area contributed by atoms with E-state index in [0.717, 1.165) is 0 Å². The zero-order valence-electron chi connectivity index (χ0n) is 10.4. The summed E-state index contributed by atoms with van der Waals surface area (Å²) in [5.41, 5.74) is -0.0548. The maximum Gasteiger partial charge on any atom is 0.284 e. The van der Waals surface area contributed by atoms with Crippen molar-refractivity contribution < 1.29 is 9.72 Å². The van der Waals surface area contributed by atoms with Crippen LogP contribution in [-0.4, -0.2) is 16.9 Å². The summed E-state index contributed by atoms with van der Waals surface area (Å²) in [5, 5.41) is 22.2. The molecular formula is C12H12BrN3O3. The molecule has 1 atom stereocenters. The van der Waals surface area contributed by atoms with E-state index in [1.165, 1.54) is 18.2 Å². The molecule has 6 nitrogen and oxygen atoms in total. The zero-order chi connectivity index (χ0) is 14.6. The van der Waals surface area contributed by atoms with E-state index in [0.29, 0.717) is 0 Å². The number of amides is 1. The molecule has 0 radical (unpaired) electrons. The SMILES string of the molecule is CC(C)C(C#N)NC(=O)c1cccc([N+](=O)[O-])c1Br. The second-order valence-electron chi connectivity index (χ2n) is 4.22. The third-order valence-electron chi connectivity index (χ3n) is 2.51. The first-order chi connectivity index (χ1) is 8.88. The largest absolute Gasteiger partial charge is 0.336 e. The van der Waals surface area contributed by atoms with Crippen LogP contribution >= 0.6 is 15.9 Å². The van der Waals surface area contributed by atoms with Gasteiger partial charge in [-0.3, -0.25) is 14.9 Å². The molecule has 0 bridgehead atoms. The Kier molecular flexibility index (Phi) is 5.01. The van der Waals surface area contributed by atoms with Gasteiger partial charge in [0.2, 0.25) is 0 Å². The second kappa shape index (κ2) is 6.29. The number of rotatable bonds is 4. The maximum atomic E-state index is 12.0. The number of nitro groups is 1. The van der Waals surface area contributed by atoms with Crippen LogP contribution in [0.1, 0.15) is 24.2 Å². The summed E-state index contributed by atoms with van der Waals surface area (Å²) < 4.78 is 0.109. The molecular weight excluding hydrogens is 314 g/mol. The van der Waals surface area contributed by atoms with Crippen LogP contribution in [-0.2, 0) is 0 Å². The fourth-order valence-electron chi connectivity index (χ4n) is 1.40. The molecule has 1 aromatic rings. The van der Waals surface area contributed by atoms with Crippen molar-refractivity contribution >= 4 is 27.5 Å². The number of carbonyl (C=O) groups excluding carboxylic acids is 1. The number of hydrogen-bond acceptors (Lipinski definition) is 4. The van der Waals surface area contributed by atoms with Gasteiger partial charge in [-0.1, -0.05) is 19.9 Å². The van der Waals surface area contributed by atoms with Crippen molar-refractivity contribution in [2.75, 3.05) is 0 Å². The molecule has 1 N–H and O–H groups in total. The normalized spacial score (nSPS) is 11.7. The molecule has 100 valence electrons. The molecule has 19 heavy (non-hydrogen) atoms. The minimum absolute atomic E-state index is 0.0496. The van der Waals surface area contributed by atoms with E-state index in [-0.39, 0.29) is 21.6 Å². The Labute approximate surface area is 118 Å². The fraction of sp³-hybridized carbons (Fsp3) is 0.333. The molecule has 0 aliphatic rings. The highest BCUT2D eigenvalue weighted by molar-refractivity contribution is 9.10. The summed E-state index contributed by atoms with van der Waals surface area (Å²) >= 11 is 3.05. The number of hydrogen-bond donors (Lipinski definition) is 1. The van der Waals surface area contributed by atoms with E-state index in [9.17, 15) is 14.9 Å². The summed E-state index contributed by atoms with van der Waals surface area (Å²) in [6.07, 6.45) is 0. The van der Waals surface area contributed by atoms with Gasteiger partial charge in [0.15, 0.2) is 0 Å². The van der Waals surface area contributed by atoms with Crippen molar-refractivity contribution in [1.82, 2.24) is 5.32 Å². The Morgan fingerprint density at radius 1 is 1.53 bits per heavy atom. The summed E-state index contributed by atoms with van der Waals surface area (Å²) in [4.78, 5) is 22.2. The Hall–Kier alpha value is -1.94. The molecule has 0 saturated carbocycles. The Morgan fingerprint density at radius 2 is 2.16 bits per heavy atom. The number of nitro benzene ring substituents is 1. The van der Waals surface area contributed by atoms with Crippen LogP contribution in [0.2, 0.25) is 0 Å². The molecule has 0 spiro atoms. The van der Waals surface area contributed by atoms with Gasteiger partial charge in [0, 0.05) is 6.07 Å². The number of halogens is 1. The van der Waals surface area contributed by atoms with Gasteiger partial charge in [-0.25, -0.2) is 0 Å². The van der Waals surface area contributed by atoms with Crippen molar-refractivity contribution in [2.45, 2.75) is 19.9 Å². The molecule has 1 amide bonds. The lowest BCUT2D eigenvalue weighted by atomic mass is 10.1. The van der Waals surface area contributed by atoms with Crippen LogP contribution in [0.4, 0.5) is 5.69 Å². The Morgan fingerprint density at radius 3 is 2.63 bits per heavy atom. The highest BCUT2D eigenvalue weighted by Gasteiger charge is 2.22. The van der Waals surface area contributed by atoms with E-state index in [2.05, 4.69) is 21.2 Å². The van der Waals surface area contributed by atoms with Gasteiger partial charge >= 0.3 is 0 Å². The molecule has 1 unspecified atom stereocenters. The predicted octanol–water partition coefficient (Wildman–Crippen LogP) is 2.64. The van der Waals surface area contributed by atoms with Gasteiger partial charge in [0.05, 0.1) is 16.6 Å². The van der Waals surface area contributed by atoms with Crippen LogP contribution in [0.5, 0.6) is 0 Å². The number of benzene rings is 1. The summed E-state index contributed by atoms with van der Waals surface area (Å²) in [6, 6.07) is 5.52. The van der Waals surface area contributed by atoms with Crippen molar-refractivity contribution in [3.8, 4) is 6.07 Å². The smallest absolute Gasteiger partial charge is 0.284 e. The van der Waals surface area contributed by atoms with Crippen LogP contribution in [0, 0.1) is 27.4 Å². The number of nitrogens with one attached hydrogen (secondary N) is 1. The molecule has 7 heteroatoms. The minimum atomic E-state index is -0.640. The van der Waals surface area contributed by atoms with Gasteiger partial charge in [0.1, 0.15) is 10.5 Å². The molecule has 0 aliphatic carbocycles. The van der Waals surface area contributed by atoms with Crippen molar-refractivity contribution in [1.29, 1.82) is 5.26 Å². The minimum Gasteiger partial charge on any atom is -0.336 e. The quantitative estimate of drug-likeness (QED) is 0.679. The third kappa shape index (κ3) is 3.51. The van der Waals surface area contributed by atoms with Crippen molar-refractivity contribution in [3.05, 3.63) is 38.3 Å². The van der Waals surface area contributed by atoms with E-state index in [1.54, 1.807) is 13.8 Å². The maximum absolute atomic E-state index is 12.0. The molecule has 1 rings (SSSR count). The summed E-state index contributed by atoms with van der Waals surface area (Å²) in [7, 11) is 0. The third-order valence-corrected chi connectivity index (χ3v) is 3.35. The van der Waals surface area contributed by atoms with Crippen LogP contribution < -0.4 is 5.32 Å². The van der Waals surface area contributed by atoms with E-state index in [1.807, 2.05) is 6.07 Å². The standard InChI is InChI=1S/C12H12BrN3O3/c1-7(2)9(6-14)15-12(17)8-4-3-5-10(11(8)13)16(18)19/h3-5,7,9H,1-2H3,(H,15,17). The zero-order valence-corrected chi connectivity index (χ0v) is 12.0. The molecule has 0 aliphatic heterocycles. The average Bonchev–Trinajstić information content (AvgIpc) is 2.35. The van der Waals surface area contributed by atoms with E-state index >= 15 is 0 Å². The molecule has 1 aromatic carbocycles. The highest BCUT2D eigenvalue weighted by atomic mass is 79.9. The highest BCUT2D eigenvalue weighted by Crippen LogP contribution is 2.28. The predicted molar refractivity (Wildman–Crippen MR) is 72.5 cm³/mol. The van der Waals surface area contributed by atoms with Crippen LogP contribution in [0.25, 0.3) is 0 Å². The first kappa shape index (κ1) is 15.1. The van der Waals surface area contributed by atoms with Crippen molar-refractivity contribution in [3.63, 3.8) is 0 Å². The van der Waals surface area contributed by atoms with Gasteiger partial charge in [0.25, 0.3) is 11.6 Å². The second-order valence-corrected chi connectivity index (χ2v) is 5.01. The van der Waals surface area contributed by atoms with Gasteiger partial charge in [-0.2, -0.15) is 5.26 Å². The van der Waals surface area contributed by atoms with Gasteiger partial charge in [-0.05, 0) is 27.9 Å². The van der Waals surface area contributed by atoms with E-state index < -0.39 is 16.9 Å². The van der Waals surface area contributed by atoms with Gasteiger partial charge in [-0.15, -0.1) is 0 Å². The summed E-state index contributed by atoms with van der Waals surface area (Å²) in [5.74, 6) is -0.567. The van der Waals surface area contributed by atoms with Crippen LogP contribution in [0.3, 0.4) is 0 Å². The number of nitriles is 1. The van der Waals surface area contributed by atoms with Crippen LogP contribution in [0.15, 0.2) is 22.7 Å². The topological polar surface area (TPSA) is 96.0 Å². The first-order valence-corrected chi connectivity index (χ1v) is 6.31. The first-order valence-electron chi connectivity index (χ1n) is 5.51. The van der Waals surface area contributed by atoms with Gasteiger partial charge < -0.3 is 5.32 Å². The molecule has 0 fully saturated rings. The summed E-state index contributed by atoms with van der Waals surface area (Å²) in [6.45, 7) is 3.60.